The maximum atomic E-state index is 11.5. The topological polar surface area (TPSA) is 61.8 Å². The van der Waals surface area contributed by atoms with Crippen molar-refractivity contribution in [3.63, 3.8) is 0 Å². The van der Waals surface area contributed by atoms with Gasteiger partial charge in [-0.15, -0.1) is 0 Å². The van der Waals surface area contributed by atoms with Crippen LogP contribution in [0.15, 0.2) is 28.7 Å². The maximum Gasteiger partial charge on any atom is 0.150 e. The molecule has 1 aliphatic rings. The van der Waals surface area contributed by atoms with Crippen LogP contribution in [0.3, 0.4) is 0 Å². The monoisotopic (exact) mass is 378 g/mol. The summed E-state index contributed by atoms with van der Waals surface area (Å²) < 4.78 is 40.9. The Bertz CT molecular complexity index is 572. The number of ether oxygens (including phenoxy) is 3. The van der Waals surface area contributed by atoms with E-state index < -0.39 is 15.4 Å². The summed E-state index contributed by atoms with van der Waals surface area (Å²) in [6.07, 6.45) is 0.915. The molecule has 0 bridgehead atoms. The Hall–Kier alpha value is -0.630. The Labute approximate surface area is 133 Å². The van der Waals surface area contributed by atoms with Gasteiger partial charge in [-0.25, -0.2) is 8.42 Å². The summed E-state index contributed by atoms with van der Waals surface area (Å²) in [4.78, 5) is 0. The van der Waals surface area contributed by atoms with Gasteiger partial charge in [-0.05, 0) is 31.2 Å². The number of hydrogen-bond donors (Lipinski definition) is 0. The van der Waals surface area contributed by atoms with Gasteiger partial charge in [-0.1, -0.05) is 15.9 Å². The van der Waals surface area contributed by atoms with E-state index in [4.69, 9.17) is 14.2 Å². The molecule has 118 valence electrons. The highest BCUT2D eigenvalue weighted by Gasteiger charge is 2.37. The van der Waals surface area contributed by atoms with Crippen molar-refractivity contribution >= 4 is 25.8 Å². The summed E-state index contributed by atoms with van der Waals surface area (Å²) in [5.74, 6) is 0.673. The van der Waals surface area contributed by atoms with E-state index in [1.807, 2.05) is 24.3 Å². The standard InChI is InChI=1S/C14H19BrO5S/c1-14(10-21(2,16)17)9-18-7-13(20-14)8-19-12-5-3-11(15)4-6-12/h3-6,13H,7-10H2,1-2H3/t13?,14-/m0/s1. The quantitative estimate of drug-likeness (QED) is 0.784. The SMILES string of the molecule is C[C@@]1(CS(C)(=O)=O)COCC(COc2ccc(Br)cc2)O1. The summed E-state index contributed by atoms with van der Waals surface area (Å²) in [6, 6.07) is 7.48. The third-order valence-corrected chi connectivity index (χ3v) is 4.64. The molecule has 1 aliphatic heterocycles. The molecule has 5 nitrogen and oxygen atoms in total. The van der Waals surface area contributed by atoms with Gasteiger partial charge in [-0.2, -0.15) is 0 Å². The van der Waals surface area contributed by atoms with Gasteiger partial charge in [0, 0.05) is 10.7 Å². The lowest BCUT2D eigenvalue weighted by Gasteiger charge is -2.37. The van der Waals surface area contributed by atoms with Crippen LogP contribution in [-0.2, 0) is 19.3 Å². The lowest BCUT2D eigenvalue weighted by atomic mass is 10.1. The average Bonchev–Trinajstić information content (AvgIpc) is 2.35. The smallest absolute Gasteiger partial charge is 0.150 e. The molecule has 0 aliphatic carbocycles. The van der Waals surface area contributed by atoms with Crippen LogP contribution in [0.5, 0.6) is 5.75 Å². The molecule has 0 spiro atoms. The molecule has 0 amide bonds. The molecule has 1 heterocycles. The van der Waals surface area contributed by atoms with Crippen molar-refractivity contribution in [3.8, 4) is 5.75 Å². The Kier molecular flexibility index (Phi) is 5.29. The van der Waals surface area contributed by atoms with Crippen LogP contribution < -0.4 is 4.74 Å². The minimum Gasteiger partial charge on any atom is -0.491 e. The lowest BCUT2D eigenvalue weighted by molar-refractivity contribution is -0.187. The van der Waals surface area contributed by atoms with Crippen molar-refractivity contribution in [2.45, 2.75) is 18.6 Å². The second kappa shape index (κ2) is 6.64. The van der Waals surface area contributed by atoms with Crippen LogP contribution >= 0.6 is 15.9 Å². The number of halogens is 1. The van der Waals surface area contributed by atoms with Gasteiger partial charge < -0.3 is 14.2 Å². The van der Waals surface area contributed by atoms with Crippen LogP contribution in [0.1, 0.15) is 6.92 Å². The highest BCUT2D eigenvalue weighted by Crippen LogP contribution is 2.23. The molecule has 0 saturated carbocycles. The van der Waals surface area contributed by atoms with E-state index in [1.54, 1.807) is 6.92 Å². The molecular formula is C14H19BrO5S. The minimum absolute atomic E-state index is 0.0607. The fourth-order valence-electron chi connectivity index (χ4n) is 2.31. The van der Waals surface area contributed by atoms with Crippen molar-refractivity contribution in [1.82, 2.24) is 0 Å². The molecule has 0 aromatic heterocycles. The van der Waals surface area contributed by atoms with E-state index >= 15 is 0 Å². The largest absolute Gasteiger partial charge is 0.491 e. The van der Waals surface area contributed by atoms with Gasteiger partial charge in [0.1, 0.15) is 33.9 Å². The normalized spacial score (nSPS) is 26.5. The molecule has 2 atom stereocenters. The second-order valence-corrected chi connectivity index (χ2v) is 8.60. The number of sulfone groups is 1. The van der Waals surface area contributed by atoms with Gasteiger partial charge >= 0.3 is 0 Å². The number of rotatable bonds is 5. The summed E-state index contributed by atoms with van der Waals surface area (Å²) in [5.41, 5.74) is -0.820. The Morgan fingerprint density at radius 3 is 2.67 bits per heavy atom. The first-order valence-electron chi connectivity index (χ1n) is 6.57. The highest BCUT2D eigenvalue weighted by atomic mass is 79.9. The van der Waals surface area contributed by atoms with Crippen LogP contribution in [0.4, 0.5) is 0 Å². The van der Waals surface area contributed by atoms with E-state index in [1.165, 1.54) is 6.26 Å². The fraction of sp³-hybridized carbons (Fsp3) is 0.571. The molecule has 1 saturated heterocycles. The third-order valence-electron chi connectivity index (χ3n) is 2.98. The molecule has 1 fully saturated rings. The summed E-state index contributed by atoms with van der Waals surface area (Å²) >= 11 is 3.36. The van der Waals surface area contributed by atoms with Gasteiger partial charge in [0.05, 0.1) is 19.0 Å². The number of hydrogen-bond acceptors (Lipinski definition) is 5. The first-order chi connectivity index (χ1) is 9.76. The fourth-order valence-corrected chi connectivity index (χ4v) is 3.83. The molecule has 7 heteroatoms. The predicted molar refractivity (Wildman–Crippen MR) is 83.4 cm³/mol. The number of benzene rings is 1. The molecule has 1 aromatic rings. The Morgan fingerprint density at radius 2 is 2.05 bits per heavy atom. The third kappa shape index (κ3) is 5.58. The van der Waals surface area contributed by atoms with Gasteiger partial charge in [0.25, 0.3) is 0 Å². The molecule has 0 radical (unpaired) electrons. The Morgan fingerprint density at radius 1 is 1.38 bits per heavy atom. The van der Waals surface area contributed by atoms with E-state index in [9.17, 15) is 8.42 Å². The lowest BCUT2D eigenvalue weighted by Crippen LogP contribution is -2.51. The van der Waals surface area contributed by atoms with Crippen molar-refractivity contribution in [1.29, 1.82) is 0 Å². The minimum atomic E-state index is -3.13. The van der Waals surface area contributed by atoms with Gasteiger partial charge in [0.2, 0.25) is 0 Å². The van der Waals surface area contributed by atoms with E-state index in [0.29, 0.717) is 13.2 Å². The maximum absolute atomic E-state index is 11.5. The van der Waals surface area contributed by atoms with Crippen LogP contribution in [-0.4, -0.2) is 52.0 Å². The Balaban J connectivity index is 1.90. The molecule has 21 heavy (non-hydrogen) atoms. The highest BCUT2D eigenvalue weighted by molar-refractivity contribution is 9.10. The molecular weight excluding hydrogens is 360 g/mol. The van der Waals surface area contributed by atoms with Crippen molar-refractivity contribution in [2.75, 3.05) is 31.8 Å². The average molecular weight is 379 g/mol. The summed E-state index contributed by atoms with van der Waals surface area (Å²) in [7, 11) is -3.13. The zero-order valence-electron chi connectivity index (χ0n) is 12.0. The van der Waals surface area contributed by atoms with Crippen molar-refractivity contribution in [3.05, 3.63) is 28.7 Å². The van der Waals surface area contributed by atoms with Crippen LogP contribution in [0.2, 0.25) is 0 Å². The second-order valence-electron chi connectivity index (χ2n) is 5.54. The zero-order chi connectivity index (χ0) is 15.5. The zero-order valence-corrected chi connectivity index (χ0v) is 14.4. The molecule has 1 unspecified atom stereocenters. The summed E-state index contributed by atoms with van der Waals surface area (Å²) in [5, 5.41) is 0. The summed E-state index contributed by atoms with van der Waals surface area (Å²) in [6.45, 7) is 2.74. The van der Waals surface area contributed by atoms with Crippen LogP contribution in [0.25, 0.3) is 0 Å². The molecule has 0 N–H and O–H groups in total. The van der Waals surface area contributed by atoms with Gasteiger partial charge in [-0.3, -0.25) is 0 Å². The van der Waals surface area contributed by atoms with E-state index in [-0.39, 0.29) is 18.5 Å². The molecule has 1 aromatic carbocycles. The first-order valence-corrected chi connectivity index (χ1v) is 9.43. The molecule has 2 rings (SSSR count). The van der Waals surface area contributed by atoms with Crippen molar-refractivity contribution in [2.24, 2.45) is 0 Å². The van der Waals surface area contributed by atoms with E-state index in [2.05, 4.69) is 15.9 Å². The van der Waals surface area contributed by atoms with Crippen LogP contribution in [0, 0.1) is 0 Å². The van der Waals surface area contributed by atoms with Gasteiger partial charge in [0.15, 0.2) is 0 Å². The van der Waals surface area contributed by atoms with E-state index in [0.717, 1.165) is 10.2 Å². The first kappa shape index (κ1) is 16.7. The predicted octanol–water partition coefficient (Wildman–Crippen LogP) is 2.05. The van der Waals surface area contributed by atoms with Crippen molar-refractivity contribution < 1.29 is 22.6 Å².